The fourth-order valence-electron chi connectivity index (χ4n) is 0.784. The van der Waals surface area contributed by atoms with Crippen molar-refractivity contribution >= 4 is 17.6 Å². The van der Waals surface area contributed by atoms with Crippen LogP contribution in [-0.4, -0.2) is 22.9 Å². The van der Waals surface area contributed by atoms with Gasteiger partial charge in [-0.25, -0.2) is 0 Å². The normalized spacial score (nSPS) is 13.5. The molecule has 0 fully saturated rings. The predicted octanol–water partition coefficient (Wildman–Crippen LogP) is 2.29. The maximum atomic E-state index is 5.73. The minimum absolute atomic E-state index is 0.0309. The van der Waals surface area contributed by atoms with E-state index in [1.165, 1.54) is 12.2 Å². The third kappa shape index (κ3) is 7.92. The SMILES string of the molecule is CCCSCC(N)=NC(C)(C)C. The van der Waals surface area contributed by atoms with Crippen molar-refractivity contribution in [2.24, 2.45) is 10.7 Å². The lowest BCUT2D eigenvalue weighted by atomic mass is 10.1. The van der Waals surface area contributed by atoms with Crippen LogP contribution in [0.1, 0.15) is 34.1 Å². The zero-order valence-electron chi connectivity index (χ0n) is 8.55. The van der Waals surface area contributed by atoms with Gasteiger partial charge in [-0.05, 0) is 32.9 Å². The number of nitrogens with zero attached hydrogens (tertiary/aromatic N) is 1. The average molecular weight is 188 g/mol. The molecule has 2 nitrogen and oxygen atoms in total. The topological polar surface area (TPSA) is 38.4 Å². The highest BCUT2D eigenvalue weighted by Gasteiger charge is 2.07. The number of nitrogens with two attached hydrogens (primary N) is 1. The highest BCUT2D eigenvalue weighted by atomic mass is 32.2. The Labute approximate surface area is 80.0 Å². The summed E-state index contributed by atoms with van der Waals surface area (Å²) in [4.78, 5) is 4.35. The van der Waals surface area contributed by atoms with Crippen LogP contribution in [0.15, 0.2) is 4.99 Å². The van der Waals surface area contributed by atoms with Crippen molar-refractivity contribution < 1.29 is 0 Å². The second kappa shape index (κ2) is 5.46. The molecule has 0 aromatic carbocycles. The van der Waals surface area contributed by atoms with Gasteiger partial charge in [0.2, 0.25) is 0 Å². The van der Waals surface area contributed by atoms with Gasteiger partial charge >= 0.3 is 0 Å². The minimum Gasteiger partial charge on any atom is -0.387 e. The smallest absolute Gasteiger partial charge is 0.104 e. The zero-order chi connectivity index (χ0) is 9.61. The van der Waals surface area contributed by atoms with Crippen LogP contribution in [0.2, 0.25) is 0 Å². The Morgan fingerprint density at radius 3 is 2.42 bits per heavy atom. The molecule has 0 saturated heterocycles. The average Bonchev–Trinajstić information content (AvgIpc) is 1.84. The molecular weight excluding hydrogens is 168 g/mol. The highest BCUT2D eigenvalue weighted by molar-refractivity contribution is 7.99. The van der Waals surface area contributed by atoms with Crippen LogP contribution in [0.5, 0.6) is 0 Å². The summed E-state index contributed by atoms with van der Waals surface area (Å²) >= 11 is 1.85. The first-order chi connectivity index (χ1) is 5.45. The summed E-state index contributed by atoms with van der Waals surface area (Å²) in [5, 5.41) is 0. The molecule has 0 aromatic heterocycles. The van der Waals surface area contributed by atoms with Gasteiger partial charge in [0.25, 0.3) is 0 Å². The summed E-state index contributed by atoms with van der Waals surface area (Å²) in [6.45, 7) is 8.35. The summed E-state index contributed by atoms with van der Waals surface area (Å²) in [7, 11) is 0. The molecule has 0 rings (SSSR count). The van der Waals surface area contributed by atoms with E-state index in [1.807, 2.05) is 11.8 Å². The Morgan fingerprint density at radius 2 is 2.00 bits per heavy atom. The van der Waals surface area contributed by atoms with E-state index >= 15 is 0 Å². The second-order valence-electron chi connectivity index (χ2n) is 3.83. The van der Waals surface area contributed by atoms with Crippen molar-refractivity contribution in [2.45, 2.75) is 39.7 Å². The predicted molar refractivity (Wildman–Crippen MR) is 59.0 cm³/mol. The van der Waals surface area contributed by atoms with Crippen LogP contribution < -0.4 is 5.73 Å². The molecule has 0 unspecified atom stereocenters. The molecule has 0 saturated carbocycles. The molecule has 0 spiro atoms. The maximum absolute atomic E-state index is 5.73. The van der Waals surface area contributed by atoms with E-state index < -0.39 is 0 Å². The Morgan fingerprint density at radius 1 is 1.42 bits per heavy atom. The first-order valence-corrected chi connectivity index (χ1v) is 5.53. The molecule has 72 valence electrons. The first-order valence-electron chi connectivity index (χ1n) is 4.37. The van der Waals surface area contributed by atoms with Gasteiger partial charge < -0.3 is 5.73 Å². The summed E-state index contributed by atoms with van der Waals surface area (Å²) < 4.78 is 0. The van der Waals surface area contributed by atoms with Crippen LogP contribution in [0.25, 0.3) is 0 Å². The maximum Gasteiger partial charge on any atom is 0.104 e. The Balaban J connectivity index is 3.71. The summed E-state index contributed by atoms with van der Waals surface area (Å²) in [5.41, 5.74) is 5.70. The molecule has 3 heteroatoms. The lowest BCUT2D eigenvalue weighted by molar-refractivity contribution is 0.583. The van der Waals surface area contributed by atoms with Gasteiger partial charge in [-0.15, -0.1) is 0 Å². The monoisotopic (exact) mass is 188 g/mol. The molecule has 12 heavy (non-hydrogen) atoms. The van der Waals surface area contributed by atoms with E-state index in [4.69, 9.17) is 5.73 Å². The van der Waals surface area contributed by atoms with Crippen LogP contribution in [0.3, 0.4) is 0 Å². The molecule has 0 aliphatic heterocycles. The number of hydrogen-bond acceptors (Lipinski definition) is 2. The van der Waals surface area contributed by atoms with Crippen molar-refractivity contribution in [3.8, 4) is 0 Å². The van der Waals surface area contributed by atoms with Crippen LogP contribution in [0, 0.1) is 0 Å². The zero-order valence-corrected chi connectivity index (χ0v) is 9.37. The van der Waals surface area contributed by atoms with Gasteiger partial charge in [-0.3, -0.25) is 4.99 Å². The van der Waals surface area contributed by atoms with Crippen LogP contribution in [0.4, 0.5) is 0 Å². The fraction of sp³-hybridized carbons (Fsp3) is 0.889. The quantitative estimate of drug-likeness (QED) is 0.417. The molecular formula is C9H20N2S. The van der Waals surface area contributed by atoms with Gasteiger partial charge in [-0.1, -0.05) is 6.92 Å². The molecule has 0 radical (unpaired) electrons. The number of aliphatic imine (C=N–C) groups is 1. The number of thioether (sulfide) groups is 1. The Hall–Kier alpha value is -0.180. The molecule has 0 amide bonds. The highest BCUT2D eigenvalue weighted by Crippen LogP contribution is 2.08. The van der Waals surface area contributed by atoms with Crippen molar-refractivity contribution in [1.29, 1.82) is 0 Å². The van der Waals surface area contributed by atoms with Crippen LogP contribution in [-0.2, 0) is 0 Å². The van der Waals surface area contributed by atoms with E-state index in [-0.39, 0.29) is 5.54 Å². The van der Waals surface area contributed by atoms with Gasteiger partial charge in [0, 0.05) is 0 Å². The summed E-state index contributed by atoms with van der Waals surface area (Å²) in [6.07, 6.45) is 1.20. The van der Waals surface area contributed by atoms with E-state index in [0.717, 1.165) is 11.6 Å². The van der Waals surface area contributed by atoms with E-state index in [0.29, 0.717) is 0 Å². The molecule has 2 N–H and O–H groups in total. The van der Waals surface area contributed by atoms with Gasteiger partial charge in [-0.2, -0.15) is 11.8 Å². The third-order valence-corrected chi connectivity index (χ3v) is 2.27. The van der Waals surface area contributed by atoms with Crippen molar-refractivity contribution in [2.75, 3.05) is 11.5 Å². The molecule has 0 aliphatic rings. The standard InChI is InChI=1S/C9H20N2S/c1-5-6-12-7-8(10)11-9(2,3)4/h5-7H2,1-4H3,(H2,10,11). The Bertz CT molecular complexity index is 147. The largest absolute Gasteiger partial charge is 0.387 e. The lowest BCUT2D eigenvalue weighted by Gasteiger charge is -2.13. The number of hydrogen-bond donors (Lipinski definition) is 1. The minimum atomic E-state index is -0.0309. The first kappa shape index (κ1) is 11.8. The van der Waals surface area contributed by atoms with Crippen molar-refractivity contribution in [1.82, 2.24) is 0 Å². The van der Waals surface area contributed by atoms with E-state index in [9.17, 15) is 0 Å². The van der Waals surface area contributed by atoms with Gasteiger partial charge in [0.1, 0.15) is 5.84 Å². The number of rotatable bonds is 4. The Kier molecular flexibility index (Phi) is 5.38. The van der Waals surface area contributed by atoms with Gasteiger partial charge in [0.15, 0.2) is 0 Å². The lowest BCUT2D eigenvalue weighted by Crippen LogP contribution is -2.22. The molecule has 0 bridgehead atoms. The van der Waals surface area contributed by atoms with Crippen molar-refractivity contribution in [3.63, 3.8) is 0 Å². The molecule has 0 aliphatic carbocycles. The summed E-state index contributed by atoms with van der Waals surface area (Å²) in [6, 6.07) is 0. The molecule has 0 heterocycles. The fourth-order valence-corrected chi connectivity index (χ4v) is 1.49. The molecule has 0 atom stereocenters. The van der Waals surface area contributed by atoms with E-state index in [2.05, 4.69) is 32.7 Å². The number of amidine groups is 1. The van der Waals surface area contributed by atoms with Gasteiger partial charge in [0.05, 0.1) is 11.3 Å². The van der Waals surface area contributed by atoms with Crippen LogP contribution >= 0.6 is 11.8 Å². The third-order valence-electron chi connectivity index (χ3n) is 1.08. The molecule has 0 aromatic rings. The summed E-state index contributed by atoms with van der Waals surface area (Å²) in [5.74, 6) is 2.80. The van der Waals surface area contributed by atoms with E-state index in [1.54, 1.807) is 0 Å². The van der Waals surface area contributed by atoms with Crippen molar-refractivity contribution in [3.05, 3.63) is 0 Å². The second-order valence-corrected chi connectivity index (χ2v) is 4.93.